The summed E-state index contributed by atoms with van der Waals surface area (Å²) >= 11 is 0. The molecule has 242 valence electrons. The monoisotopic (exact) mass is 662 g/mol. The number of fused-ring (bicyclic) bond motifs is 4. The normalized spacial score (nSPS) is 18.7. The van der Waals surface area contributed by atoms with Gasteiger partial charge in [-0.3, -0.25) is 0 Å². The summed E-state index contributed by atoms with van der Waals surface area (Å²) in [7, 11) is 0. The van der Waals surface area contributed by atoms with E-state index in [9.17, 15) is 10.2 Å². The Morgan fingerprint density at radius 1 is 0.250 bits per heavy atom. The van der Waals surface area contributed by atoms with E-state index < -0.39 is 11.2 Å². The van der Waals surface area contributed by atoms with Crippen LogP contribution in [0.25, 0.3) is 75.4 Å². The van der Waals surface area contributed by atoms with E-state index in [1.807, 2.05) is 42.5 Å². The Hall–Kier alpha value is -6.32. The number of hydrogen-bond donors (Lipinski definition) is 2. The minimum absolute atomic E-state index is 0.681. The van der Waals surface area contributed by atoms with Gasteiger partial charge in [0, 0.05) is 22.3 Å². The summed E-state index contributed by atoms with van der Waals surface area (Å²) in [5, 5.41) is 43.4. The van der Waals surface area contributed by atoms with E-state index in [1.54, 1.807) is 0 Å². The summed E-state index contributed by atoms with van der Waals surface area (Å²) in [4.78, 5) is 0. The van der Waals surface area contributed by atoms with Crippen molar-refractivity contribution in [2.24, 2.45) is 0 Å². The number of hydrogen-bond acceptors (Lipinski definition) is 2. The van der Waals surface area contributed by atoms with Gasteiger partial charge in [-0.2, -0.15) is 0 Å². The first-order valence-electron chi connectivity index (χ1n) is 18.0. The van der Waals surface area contributed by atoms with Crippen LogP contribution in [0.15, 0.2) is 170 Å². The third-order valence-corrected chi connectivity index (χ3v) is 12.2. The molecule has 0 fully saturated rings. The molecule has 0 aromatic heterocycles. The Morgan fingerprint density at radius 2 is 0.635 bits per heavy atom. The van der Waals surface area contributed by atoms with Crippen molar-refractivity contribution in [2.75, 3.05) is 0 Å². The predicted molar refractivity (Wildman–Crippen MR) is 215 cm³/mol. The van der Waals surface area contributed by atoms with Gasteiger partial charge < -0.3 is 10.2 Å². The zero-order valence-electron chi connectivity index (χ0n) is 28.1. The van der Waals surface area contributed by atoms with Crippen LogP contribution in [0.1, 0.15) is 33.4 Å². The fraction of sp³-hybridized carbons (Fsp3) is 0.0400. The zero-order valence-corrected chi connectivity index (χ0v) is 28.1. The minimum atomic E-state index is -1.59. The minimum Gasteiger partial charge on any atom is -0.376 e. The third kappa shape index (κ3) is 3.33. The predicted octanol–water partition coefficient (Wildman–Crippen LogP) is 11.5. The second kappa shape index (κ2) is 9.71. The lowest BCUT2D eigenvalue weighted by Gasteiger charge is -2.46. The first kappa shape index (κ1) is 28.4. The van der Waals surface area contributed by atoms with Gasteiger partial charge in [-0.05, 0) is 86.5 Å². The van der Waals surface area contributed by atoms with Crippen LogP contribution < -0.4 is 0 Å². The largest absolute Gasteiger partial charge is 0.376 e. The lowest BCUT2D eigenvalue weighted by atomic mass is 9.61. The molecule has 12 rings (SSSR count). The topological polar surface area (TPSA) is 40.5 Å². The van der Waals surface area contributed by atoms with Crippen LogP contribution in [0.5, 0.6) is 0 Å². The molecule has 0 spiro atoms. The van der Waals surface area contributed by atoms with Gasteiger partial charge in [0.25, 0.3) is 0 Å². The van der Waals surface area contributed by atoms with Crippen molar-refractivity contribution >= 4 is 75.4 Å². The quantitative estimate of drug-likeness (QED) is 0.181. The van der Waals surface area contributed by atoms with E-state index >= 15 is 0 Å². The average Bonchev–Trinajstić information content (AvgIpc) is 3.20. The summed E-state index contributed by atoms with van der Waals surface area (Å²) in [6.45, 7) is 0. The molecule has 2 heteroatoms. The van der Waals surface area contributed by atoms with Crippen molar-refractivity contribution in [3.05, 3.63) is 203 Å². The van der Waals surface area contributed by atoms with Crippen molar-refractivity contribution < 1.29 is 10.2 Å². The molecule has 0 saturated carbocycles. The smallest absolute Gasteiger partial charge is 0.142 e. The fourth-order valence-corrected chi connectivity index (χ4v) is 10.0. The van der Waals surface area contributed by atoms with E-state index in [2.05, 4.69) is 127 Å². The molecule has 2 nitrogen and oxygen atoms in total. The number of aliphatic hydroxyl groups is 2. The zero-order chi connectivity index (χ0) is 34.3. The molecular formula is C50H30O2. The van der Waals surface area contributed by atoms with Gasteiger partial charge in [0.15, 0.2) is 0 Å². The SMILES string of the molecule is OC1(c2ccc3ccc4cccc5ccc2c3c45)c2ccccc2C(O)(c2ccc3ccc4cccc5ccc2c3c45)c2c1ccc1ccccc21. The van der Waals surface area contributed by atoms with Crippen molar-refractivity contribution in [2.45, 2.75) is 11.2 Å². The molecule has 1 aliphatic rings. The van der Waals surface area contributed by atoms with Crippen LogP contribution in [0, 0.1) is 0 Å². The molecule has 0 saturated heterocycles. The first-order valence-corrected chi connectivity index (χ1v) is 18.0. The molecule has 0 heterocycles. The van der Waals surface area contributed by atoms with Gasteiger partial charge in [-0.1, -0.05) is 170 Å². The maximum absolute atomic E-state index is 14.0. The van der Waals surface area contributed by atoms with E-state index in [0.717, 1.165) is 54.2 Å². The molecule has 1 aliphatic carbocycles. The summed E-state index contributed by atoms with van der Waals surface area (Å²) < 4.78 is 0. The van der Waals surface area contributed by atoms with Crippen molar-refractivity contribution in [3.8, 4) is 0 Å². The van der Waals surface area contributed by atoms with Gasteiger partial charge in [-0.15, -0.1) is 0 Å². The summed E-state index contributed by atoms with van der Waals surface area (Å²) in [5.74, 6) is 0. The lowest BCUT2D eigenvalue weighted by Crippen LogP contribution is -2.44. The standard InChI is InChI=1S/C50H30O2/c51-49(39-26-22-34-17-15-30-8-5-10-32-19-24-37(39)46(34)44(30)32)41-13-3-4-14-42(41)50(52,48-36-12-2-1-7-29(36)21-28-43(48)49)40-27-23-35-18-16-31-9-6-11-33-20-25-38(40)47(35)45(31)33/h1-28,51-52H. The Labute approximate surface area is 299 Å². The molecule has 52 heavy (non-hydrogen) atoms. The van der Waals surface area contributed by atoms with Gasteiger partial charge in [0.2, 0.25) is 0 Å². The molecule has 11 aromatic carbocycles. The molecule has 0 amide bonds. The van der Waals surface area contributed by atoms with E-state index in [0.29, 0.717) is 22.3 Å². The maximum atomic E-state index is 14.0. The van der Waals surface area contributed by atoms with Gasteiger partial charge >= 0.3 is 0 Å². The van der Waals surface area contributed by atoms with Crippen LogP contribution in [-0.2, 0) is 11.2 Å². The Balaban J connectivity index is 1.25. The molecule has 2 unspecified atom stereocenters. The van der Waals surface area contributed by atoms with Crippen molar-refractivity contribution in [1.29, 1.82) is 0 Å². The Bertz CT molecular complexity index is 3250. The number of benzene rings is 11. The molecular weight excluding hydrogens is 633 g/mol. The highest BCUT2D eigenvalue weighted by Gasteiger charge is 2.52. The fourth-order valence-electron chi connectivity index (χ4n) is 10.0. The summed E-state index contributed by atoms with van der Waals surface area (Å²) in [6, 6.07) is 59.2. The van der Waals surface area contributed by atoms with E-state index in [4.69, 9.17) is 0 Å². The highest BCUT2D eigenvalue weighted by atomic mass is 16.3. The van der Waals surface area contributed by atoms with Crippen molar-refractivity contribution in [3.63, 3.8) is 0 Å². The average molecular weight is 663 g/mol. The lowest BCUT2D eigenvalue weighted by molar-refractivity contribution is 0.0776. The van der Waals surface area contributed by atoms with Gasteiger partial charge in [0.05, 0.1) is 0 Å². The van der Waals surface area contributed by atoms with E-state index in [-0.39, 0.29) is 0 Å². The Morgan fingerprint density at radius 3 is 1.21 bits per heavy atom. The van der Waals surface area contributed by atoms with Gasteiger partial charge in [0.1, 0.15) is 11.2 Å². The second-order valence-corrected chi connectivity index (χ2v) is 14.6. The highest BCUT2D eigenvalue weighted by molar-refractivity contribution is 6.25. The van der Waals surface area contributed by atoms with Crippen LogP contribution >= 0.6 is 0 Å². The van der Waals surface area contributed by atoms with Crippen LogP contribution in [0.4, 0.5) is 0 Å². The van der Waals surface area contributed by atoms with Crippen LogP contribution in [-0.4, -0.2) is 10.2 Å². The van der Waals surface area contributed by atoms with Crippen LogP contribution in [0.2, 0.25) is 0 Å². The number of rotatable bonds is 2. The van der Waals surface area contributed by atoms with Crippen molar-refractivity contribution in [1.82, 2.24) is 0 Å². The summed E-state index contributed by atoms with van der Waals surface area (Å²) in [6.07, 6.45) is 0. The summed E-state index contributed by atoms with van der Waals surface area (Å²) in [5.41, 5.74) is 1.21. The molecule has 0 aliphatic heterocycles. The second-order valence-electron chi connectivity index (χ2n) is 14.6. The maximum Gasteiger partial charge on any atom is 0.142 e. The first-order chi connectivity index (χ1) is 25.5. The molecule has 2 N–H and O–H groups in total. The van der Waals surface area contributed by atoms with E-state index in [1.165, 1.54) is 32.3 Å². The molecule has 0 radical (unpaired) electrons. The van der Waals surface area contributed by atoms with Crippen LogP contribution in [0.3, 0.4) is 0 Å². The van der Waals surface area contributed by atoms with Gasteiger partial charge in [-0.25, -0.2) is 0 Å². The molecule has 11 aromatic rings. The molecule has 0 bridgehead atoms. The molecule has 2 atom stereocenters. The Kier molecular flexibility index (Phi) is 5.30. The highest BCUT2D eigenvalue weighted by Crippen LogP contribution is 2.57. The third-order valence-electron chi connectivity index (χ3n) is 12.2.